The first kappa shape index (κ1) is 28.1. The summed E-state index contributed by atoms with van der Waals surface area (Å²) in [5.41, 5.74) is 7.85. The molecule has 3 aromatic carbocycles. The number of anilines is 2. The number of hydrogen-bond donors (Lipinski definition) is 1. The van der Waals surface area contributed by atoms with Crippen LogP contribution < -0.4 is 19.9 Å². The topological polar surface area (TPSA) is 54.8 Å². The summed E-state index contributed by atoms with van der Waals surface area (Å²) < 4.78 is 13.9. The molecule has 7 nitrogen and oxygen atoms in total. The van der Waals surface area contributed by atoms with Gasteiger partial charge >= 0.3 is 0 Å². The van der Waals surface area contributed by atoms with E-state index in [4.69, 9.17) is 26.7 Å². The second-order valence-electron chi connectivity index (χ2n) is 11.2. The SMILES string of the molecule is Cc1cc([C@@H]2[C@H](c3ccccn3)NC(=S)N2c2ccc(Oc3ccccc3)cc2)c(C)n1-c1ccc(N2CCOCC2)cc1. The van der Waals surface area contributed by atoms with Gasteiger partial charge in [-0.1, -0.05) is 24.3 Å². The van der Waals surface area contributed by atoms with Gasteiger partial charge in [0.1, 0.15) is 11.5 Å². The monoisotopic (exact) mass is 601 g/mol. The highest BCUT2D eigenvalue weighted by molar-refractivity contribution is 7.80. The maximum atomic E-state index is 6.07. The molecule has 0 spiro atoms. The van der Waals surface area contributed by atoms with Crippen LogP contribution >= 0.6 is 12.2 Å². The Kier molecular flexibility index (Phi) is 7.77. The third-order valence-electron chi connectivity index (χ3n) is 8.46. The first-order valence-corrected chi connectivity index (χ1v) is 15.4. The van der Waals surface area contributed by atoms with Crippen molar-refractivity contribution in [1.29, 1.82) is 0 Å². The molecular formula is C36H35N5O2S. The van der Waals surface area contributed by atoms with Crippen molar-refractivity contribution in [2.24, 2.45) is 0 Å². The normalized spacial score (nSPS) is 18.4. The van der Waals surface area contributed by atoms with Crippen LogP contribution in [0.2, 0.25) is 0 Å². The summed E-state index contributed by atoms with van der Waals surface area (Å²) in [6.07, 6.45) is 1.84. The number of thiocarbonyl (C=S) groups is 1. The smallest absolute Gasteiger partial charge is 0.174 e. The van der Waals surface area contributed by atoms with Gasteiger partial charge in [0.2, 0.25) is 0 Å². The molecule has 2 atom stereocenters. The zero-order valence-corrected chi connectivity index (χ0v) is 25.7. The van der Waals surface area contributed by atoms with Crippen LogP contribution in [0.3, 0.4) is 0 Å². The average Bonchev–Trinajstić information content (AvgIpc) is 3.57. The molecule has 44 heavy (non-hydrogen) atoms. The molecule has 0 amide bonds. The van der Waals surface area contributed by atoms with E-state index in [9.17, 15) is 0 Å². The molecule has 0 aliphatic carbocycles. The van der Waals surface area contributed by atoms with Crippen LogP contribution in [0.5, 0.6) is 11.5 Å². The van der Waals surface area contributed by atoms with E-state index in [2.05, 4.69) is 82.1 Å². The number of aromatic nitrogens is 2. The van der Waals surface area contributed by atoms with Crippen LogP contribution in [0.4, 0.5) is 11.4 Å². The Morgan fingerprint density at radius 1 is 0.795 bits per heavy atom. The van der Waals surface area contributed by atoms with Crippen LogP contribution in [0.15, 0.2) is 109 Å². The molecule has 4 heterocycles. The number of hydrogen-bond acceptors (Lipinski definition) is 5. The summed E-state index contributed by atoms with van der Waals surface area (Å²) in [5.74, 6) is 1.58. The first-order valence-electron chi connectivity index (χ1n) is 15.0. The number of aryl methyl sites for hydroxylation is 1. The van der Waals surface area contributed by atoms with Gasteiger partial charge < -0.3 is 29.2 Å². The summed E-state index contributed by atoms with van der Waals surface area (Å²) in [4.78, 5) is 9.34. The van der Waals surface area contributed by atoms with E-state index >= 15 is 0 Å². The van der Waals surface area contributed by atoms with Gasteiger partial charge in [0.15, 0.2) is 5.11 Å². The molecule has 2 aromatic heterocycles. The van der Waals surface area contributed by atoms with Gasteiger partial charge in [0.25, 0.3) is 0 Å². The average molecular weight is 602 g/mol. The van der Waals surface area contributed by atoms with Gasteiger partial charge in [-0.3, -0.25) is 4.98 Å². The highest BCUT2D eigenvalue weighted by atomic mass is 32.1. The Morgan fingerprint density at radius 3 is 2.16 bits per heavy atom. The summed E-state index contributed by atoms with van der Waals surface area (Å²) in [5, 5.41) is 4.27. The van der Waals surface area contributed by atoms with Gasteiger partial charge in [0, 0.05) is 47.7 Å². The fourth-order valence-corrected chi connectivity index (χ4v) is 6.71. The highest BCUT2D eigenvalue weighted by Crippen LogP contribution is 2.44. The largest absolute Gasteiger partial charge is 0.457 e. The number of ether oxygens (including phenoxy) is 2. The molecular weight excluding hydrogens is 566 g/mol. The Hall–Kier alpha value is -4.66. The quantitative estimate of drug-likeness (QED) is 0.197. The summed E-state index contributed by atoms with van der Waals surface area (Å²) in [7, 11) is 0. The molecule has 1 N–H and O–H groups in total. The van der Waals surface area contributed by atoms with E-state index in [0.29, 0.717) is 5.11 Å². The molecule has 0 unspecified atom stereocenters. The zero-order chi connectivity index (χ0) is 30.0. The lowest BCUT2D eigenvalue weighted by Crippen LogP contribution is -2.36. The molecule has 222 valence electrons. The Bertz CT molecular complexity index is 1730. The van der Waals surface area contributed by atoms with Crippen molar-refractivity contribution >= 4 is 28.7 Å². The molecule has 2 fully saturated rings. The minimum Gasteiger partial charge on any atom is -0.457 e. The Balaban J connectivity index is 1.24. The van der Waals surface area contributed by atoms with Crippen LogP contribution in [0, 0.1) is 13.8 Å². The van der Waals surface area contributed by atoms with Crippen molar-refractivity contribution in [3.05, 3.63) is 132 Å². The third-order valence-corrected chi connectivity index (χ3v) is 8.78. The van der Waals surface area contributed by atoms with Gasteiger partial charge in [0.05, 0.1) is 31.0 Å². The lowest BCUT2D eigenvalue weighted by molar-refractivity contribution is 0.122. The fraction of sp³-hybridized carbons (Fsp3) is 0.222. The van der Waals surface area contributed by atoms with Crippen LogP contribution in [-0.2, 0) is 4.74 Å². The zero-order valence-electron chi connectivity index (χ0n) is 24.9. The summed E-state index contributed by atoms with van der Waals surface area (Å²) in [6.45, 7) is 7.75. The van der Waals surface area contributed by atoms with E-state index in [1.54, 1.807) is 0 Å². The molecule has 0 saturated carbocycles. The minimum atomic E-state index is -0.124. The molecule has 0 radical (unpaired) electrons. The number of para-hydroxylation sites is 1. The van der Waals surface area contributed by atoms with Crippen LogP contribution in [-0.4, -0.2) is 41.0 Å². The second kappa shape index (κ2) is 12.1. The van der Waals surface area contributed by atoms with Crippen molar-refractivity contribution in [1.82, 2.24) is 14.9 Å². The fourth-order valence-electron chi connectivity index (χ4n) is 6.37. The summed E-state index contributed by atoms with van der Waals surface area (Å²) in [6, 6.07) is 34.9. The van der Waals surface area contributed by atoms with E-state index in [0.717, 1.165) is 54.9 Å². The van der Waals surface area contributed by atoms with Crippen molar-refractivity contribution in [3.63, 3.8) is 0 Å². The van der Waals surface area contributed by atoms with Crippen LogP contribution in [0.1, 0.15) is 34.7 Å². The Morgan fingerprint density at radius 2 is 1.45 bits per heavy atom. The van der Waals surface area contributed by atoms with Crippen LogP contribution in [0.25, 0.3) is 5.69 Å². The number of pyridine rings is 1. The molecule has 2 saturated heterocycles. The van der Waals surface area contributed by atoms with Gasteiger partial charge in [-0.25, -0.2) is 0 Å². The standard InChI is InChI=1S/C36H35N5O2S/c1-25-24-32(26(2)40(25)28-13-11-27(12-14-28)39-20-22-42-23-21-39)35-34(33-10-6-7-19-37-33)38-36(44)41(35)29-15-17-31(18-16-29)43-30-8-4-3-5-9-30/h3-19,24,34-35H,20-23H2,1-2H3,(H,38,44)/t34-,35+/m0/s1. The highest BCUT2D eigenvalue weighted by Gasteiger charge is 2.42. The lowest BCUT2D eigenvalue weighted by Gasteiger charge is -2.29. The predicted molar refractivity (Wildman–Crippen MR) is 179 cm³/mol. The van der Waals surface area contributed by atoms with Crippen molar-refractivity contribution in [2.45, 2.75) is 25.9 Å². The second-order valence-corrected chi connectivity index (χ2v) is 11.6. The maximum absolute atomic E-state index is 6.07. The van der Waals surface area contributed by atoms with E-state index in [1.165, 1.54) is 22.6 Å². The minimum absolute atomic E-state index is 0.106. The van der Waals surface area contributed by atoms with Gasteiger partial charge in [-0.2, -0.15) is 0 Å². The number of nitrogens with one attached hydrogen (secondary N) is 1. The number of morpholine rings is 1. The summed E-state index contributed by atoms with van der Waals surface area (Å²) >= 11 is 6.00. The predicted octanol–water partition coefficient (Wildman–Crippen LogP) is 7.30. The number of benzene rings is 3. The van der Waals surface area contributed by atoms with E-state index < -0.39 is 0 Å². The third kappa shape index (κ3) is 5.42. The first-order chi connectivity index (χ1) is 21.6. The van der Waals surface area contributed by atoms with Crippen molar-refractivity contribution in [3.8, 4) is 17.2 Å². The molecule has 2 aliphatic heterocycles. The molecule has 0 bridgehead atoms. The van der Waals surface area contributed by atoms with Crippen molar-refractivity contribution < 1.29 is 9.47 Å². The molecule has 8 heteroatoms. The van der Waals surface area contributed by atoms with Gasteiger partial charge in [-0.15, -0.1) is 0 Å². The van der Waals surface area contributed by atoms with Gasteiger partial charge in [-0.05, 0) is 110 Å². The Labute approximate surface area is 263 Å². The molecule has 5 aromatic rings. The number of rotatable bonds is 7. The van der Waals surface area contributed by atoms with Crippen molar-refractivity contribution in [2.75, 3.05) is 36.1 Å². The lowest BCUT2D eigenvalue weighted by atomic mass is 9.96. The maximum Gasteiger partial charge on any atom is 0.174 e. The van der Waals surface area contributed by atoms with E-state index in [1.807, 2.05) is 60.8 Å². The van der Waals surface area contributed by atoms with E-state index in [-0.39, 0.29) is 12.1 Å². The molecule has 7 rings (SSSR count). The number of nitrogens with zero attached hydrogens (tertiary/aromatic N) is 4. The molecule has 2 aliphatic rings.